The first-order valence-corrected chi connectivity index (χ1v) is 12.7. The number of nitrogens with zero attached hydrogens (tertiary/aromatic N) is 3. The number of aromatic nitrogens is 3. The van der Waals surface area contributed by atoms with Gasteiger partial charge < -0.3 is 19.4 Å². The molecule has 0 bridgehead atoms. The van der Waals surface area contributed by atoms with Crippen LogP contribution in [0, 0.1) is 5.82 Å². The highest BCUT2D eigenvalue weighted by atomic mass is 35.5. The monoisotopic (exact) mass is 504 g/mol. The Balaban J connectivity index is 1.59. The average molecular weight is 505 g/mol. The molecule has 0 spiro atoms. The number of hydrogen-bond donors (Lipinski definition) is 1. The van der Waals surface area contributed by atoms with Gasteiger partial charge in [0, 0.05) is 43.3 Å². The molecule has 1 atom stereocenters. The van der Waals surface area contributed by atoms with E-state index in [-0.39, 0.29) is 23.2 Å². The highest BCUT2D eigenvalue weighted by molar-refractivity contribution is 7.98. The van der Waals surface area contributed by atoms with Crippen molar-refractivity contribution in [1.29, 1.82) is 0 Å². The van der Waals surface area contributed by atoms with Gasteiger partial charge in [0.25, 0.3) is 5.56 Å². The van der Waals surface area contributed by atoms with E-state index in [9.17, 15) is 9.18 Å². The van der Waals surface area contributed by atoms with Crippen LogP contribution in [0.2, 0.25) is 5.02 Å². The summed E-state index contributed by atoms with van der Waals surface area (Å²) in [6, 6.07) is 9.40. The van der Waals surface area contributed by atoms with Crippen molar-refractivity contribution in [3.63, 3.8) is 0 Å². The van der Waals surface area contributed by atoms with E-state index in [2.05, 4.69) is 15.3 Å². The summed E-state index contributed by atoms with van der Waals surface area (Å²) in [5, 5.41) is 3.38. The molecule has 0 saturated carbocycles. The van der Waals surface area contributed by atoms with Crippen molar-refractivity contribution in [3.8, 4) is 11.3 Å². The van der Waals surface area contributed by atoms with Gasteiger partial charge in [0.1, 0.15) is 5.82 Å². The van der Waals surface area contributed by atoms with Gasteiger partial charge in [-0.25, -0.2) is 14.4 Å². The zero-order valence-corrected chi connectivity index (χ0v) is 20.3. The molecule has 2 aromatic heterocycles. The van der Waals surface area contributed by atoms with Gasteiger partial charge in [0.05, 0.1) is 29.3 Å². The van der Waals surface area contributed by atoms with E-state index >= 15 is 0 Å². The van der Waals surface area contributed by atoms with E-state index in [0.29, 0.717) is 28.7 Å². The molecule has 3 aromatic rings. The van der Waals surface area contributed by atoms with Crippen LogP contribution in [0.1, 0.15) is 24.4 Å². The zero-order chi connectivity index (χ0) is 23.9. The van der Waals surface area contributed by atoms with Crippen LogP contribution < -0.4 is 10.9 Å². The standard InChI is InChI=1S/C24H26ClFN4O3S/c1-34-15-33-14-22(17-2-3-19(25)20(26)12-17)30-9-5-16(13-23(30)31)21-4-8-27-24(29-21)28-18-6-10-32-11-7-18/h2-5,8-9,12-13,18,22H,6-7,10-11,14-15H2,1H3,(H,27,28,29). The van der Waals surface area contributed by atoms with Crippen LogP contribution in [0.5, 0.6) is 0 Å². The third-order valence-electron chi connectivity index (χ3n) is 5.60. The molecule has 7 nitrogen and oxygen atoms in total. The van der Waals surface area contributed by atoms with Gasteiger partial charge in [-0.3, -0.25) is 4.79 Å². The smallest absolute Gasteiger partial charge is 0.251 e. The van der Waals surface area contributed by atoms with Crippen LogP contribution in [-0.4, -0.2) is 52.6 Å². The number of pyridine rings is 1. The van der Waals surface area contributed by atoms with Crippen molar-refractivity contribution in [2.45, 2.75) is 24.9 Å². The fraction of sp³-hybridized carbons (Fsp3) is 0.375. The molecule has 1 aromatic carbocycles. The number of rotatable bonds is 9. The molecule has 0 aliphatic carbocycles. The Kier molecular flexibility index (Phi) is 8.55. The molecule has 1 saturated heterocycles. The summed E-state index contributed by atoms with van der Waals surface area (Å²) in [5.74, 6) is 0.446. The second kappa shape index (κ2) is 11.8. The predicted molar refractivity (Wildman–Crippen MR) is 133 cm³/mol. The van der Waals surface area contributed by atoms with Crippen LogP contribution in [0.15, 0.2) is 53.6 Å². The van der Waals surface area contributed by atoms with E-state index in [1.165, 1.54) is 34.5 Å². The van der Waals surface area contributed by atoms with Gasteiger partial charge in [-0.05, 0) is 48.9 Å². The minimum absolute atomic E-state index is 0.0316. The Bertz CT molecular complexity index is 1170. The number of hydrogen-bond acceptors (Lipinski definition) is 7. The summed E-state index contributed by atoms with van der Waals surface area (Å²) < 4.78 is 26.8. The minimum Gasteiger partial charge on any atom is -0.381 e. The maximum atomic E-state index is 14.1. The fourth-order valence-corrected chi connectivity index (χ4v) is 4.20. The summed E-state index contributed by atoms with van der Waals surface area (Å²) in [7, 11) is 0. The molecule has 3 heterocycles. The molecule has 34 heavy (non-hydrogen) atoms. The summed E-state index contributed by atoms with van der Waals surface area (Å²) in [6.45, 7) is 1.65. The lowest BCUT2D eigenvalue weighted by atomic mass is 10.1. The summed E-state index contributed by atoms with van der Waals surface area (Å²) >= 11 is 7.38. The predicted octanol–water partition coefficient (Wildman–Crippen LogP) is 4.62. The first-order valence-electron chi connectivity index (χ1n) is 11.0. The van der Waals surface area contributed by atoms with Crippen LogP contribution in [-0.2, 0) is 9.47 Å². The Morgan fingerprint density at radius 2 is 2.12 bits per heavy atom. The third kappa shape index (κ3) is 6.15. The van der Waals surface area contributed by atoms with Crippen LogP contribution in [0.25, 0.3) is 11.3 Å². The van der Waals surface area contributed by atoms with Gasteiger partial charge in [-0.1, -0.05) is 17.7 Å². The number of halogens is 2. The van der Waals surface area contributed by atoms with Crippen molar-refractivity contribution in [3.05, 3.63) is 75.5 Å². The summed E-state index contributed by atoms with van der Waals surface area (Å²) in [4.78, 5) is 22.0. The molecule has 10 heteroatoms. The summed E-state index contributed by atoms with van der Waals surface area (Å²) in [5.41, 5.74) is 1.66. The molecular formula is C24H26ClFN4O3S. The van der Waals surface area contributed by atoms with Crippen molar-refractivity contribution in [2.75, 3.05) is 37.3 Å². The Hall–Kier alpha value is -2.46. The Morgan fingerprint density at radius 3 is 2.85 bits per heavy atom. The quantitative estimate of drug-likeness (QED) is 0.336. The molecule has 1 N–H and O–H groups in total. The number of thioether (sulfide) groups is 1. The summed E-state index contributed by atoms with van der Waals surface area (Å²) in [6.07, 6.45) is 7.07. The number of anilines is 1. The molecule has 0 amide bonds. The molecule has 4 rings (SSSR count). The van der Waals surface area contributed by atoms with Crippen LogP contribution in [0.4, 0.5) is 10.3 Å². The van der Waals surface area contributed by atoms with E-state index in [0.717, 1.165) is 26.1 Å². The van der Waals surface area contributed by atoms with Crippen molar-refractivity contribution >= 4 is 29.3 Å². The Morgan fingerprint density at radius 1 is 1.29 bits per heavy atom. The second-order valence-corrected chi connectivity index (χ2v) is 9.14. The molecular weight excluding hydrogens is 479 g/mol. The van der Waals surface area contributed by atoms with Gasteiger partial charge in [-0.15, -0.1) is 11.8 Å². The molecule has 0 radical (unpaired) electrons. The van der Waals surface area contributed by atoms with Gasteiger partial charge in [-0.2, -0.15) is 0 Å². The SMILES string of the molecule is CSCOCC(c1ccc(Cl)c(F)c1)n1ccc(-c2ccnc(NC3CCOCC3)n2)cc1=O. The lowest BCUT2D eigenvalue weighted by molar-refractivity contribution is 0.0903. The second-order valence-electron chi connectivity index (χ2n) is 7.92. The minimum atomic E-state index is -0.538. The first kappa shape index (κ1) is 24.7. The van der Waals surface area contributed by atoms with E-state index in [4.69, 9.17) is 21.1 Å². The lowest BCUT2D eigenvalue weighted by Crippen LogP contribution is -2.28. The third-order valence-corrected chi connectivity index (χ3v) is 6.30. The molecule has 1 aliphatic heterocycles. The lowest BCUT2D eigenvalue weighted by Gasteiger charge is -2.23. The Labute approximate surface area is 206 Å². The maximum Gasteiger partial charge on any atom is 0.251 e. The van der Waals surface area contributed by atoms with E-state index < -0.39 is 11.9 Å². The number of nitrogens with one attached hydrogen (secondary N) is 1. The van der Waals surface area contributed by atoms with E-state index in [1.807, 2.05) is 12.3 Å². The van der Waals surface area contributed by atoms with Crippen LogP contribution in [0.3, 0.4) is 0 Å². The molecule has 1 aliphatic rings. The molecule has 1 fully saturated rings. The van der Waals surface area contributed by atoms with Gasteiger partial charge in [0.15, 0.2) is 0 Å². The fourth-order valence-electron chi connectivity index (χ4n) is 3.82. The van der Waals surface area contributed by atoms with Crippen molar-refractivity contribution < 1.29 is 13.9 Å². The van der Waals surface area contributed by atoms with Gasteiger partial charge >= 0.3 is 0 Å². The van der Waals surface area contributed by atoms with Crippen LogP contribution >= 0.6 is 23.4 Å². The van der Waals surface area contributed by atoms with E-state index in [1.54, 1.807) is 24.5 Å². The highest BCUT2D eigenvalue weighted by Crippen LogP contribution is 2.24. The highest BCUT2D eigenvalue weighted by Gasteiger charge is 2.19. The topological polar surface area (TPSA) is 78.3 Å². The molecule has 1 unspecified atom stereocenters. The molecule has 180 valence electrons. The largest absolute Gasteiger partial charge is 0.381 e. The normalized spacial score (nSPS) is 15.3. The number of ether oxygens (including phenoxy) is 2. The average Bonchev–Trinajstić information content (AvgIpc) is 2.85. The van der Waals surface area contributed by atoms with Crippen molar-refractivity contribution in [2.24, 2.45) is 0 Å². The number of benzene rings is 1. The maximum absolute atomic E-state index is 14.1. The van der Waals surface area contributed by atoms with Crippen molar-refractivity contribution in [1.82, 2.24) is 14.5 Å². The zero-order valence-electron chi connectivity index (χ0n) is 18.7. The van der Waals surface area contributed by atoms with Gasteiger partial charge in [0.2, 0.25) is 5.95 Å². The first-order chi connectivity index (χ1) is 16.5.